The Hall–Kier alpha value is -0.0500. The summed E-state index contributed by atoms with van der Waals surface area (Å²) < 4.78 is 23.0. The second kappa shape index (κ2) is 10.7. The van der Waals surface area contributed by atoms with E-state index in [0.29, 0.717) is 6.54 Å². The van der Waals surface area contributed by atoms with Crippen molar-refractivity contribution in [3.05, 3.63) is 0 Å². The summed E-state index contributed by atoms with van der Waals surface area (Å²) in [5.41, 5.74) is 0. The molecule has 0 aromatic rings. The Bertz CT molecular complexity index is 436. The van der Waals surface area contributed by atoms with Crippen LogP contribution in [0.4, 0.5) is 0 Å². The molecule has 22 heavy (non-hydrogen) atoms. The summed E-state index contributed by atoms with van der Waals surface area (Å²) in [7, 11) is -1.15. The van der Waals surface area contributed by atoms with Crippen molar-refractivity contribution in [3.8, 4) is 0 Å². The largest absolute Gasteiger partial charge is 0.355 e. The molecule has 7 heteroatoms. The quantitative estimate of drug-likeness (QED) is 0.372. The van der Waals surface area contributed by atoms with Gasteiger partial charge in [0, 0.05) is 32.4 Å². The minimum atomic E-state index is -2.92. The summed E-state index contributed by atoms with van der Waals surface area (Å²) in [6, 6.07) is 0. The van der Waals surface area contributed by atoms with Crippen LogP contribution in [-0.4, -0.2) is 57.5 Å². The molecule has 1 N–H and O–H groups in total. The van der Waals surface area contributed by atoms with Gasteiger partial charge in [-0.2, -0.15) is 0 Å². The standard InChI is InChI=1S/C15H31N3O2S.HI/c1-5-13(6-2)14-8-10-18(12-14)15(16-4)17-9-11-21(19,20)7-3;/h13-14H,5-12H2,1-4H3,(H,16,17);1H. The lowest BCUT2D eigenvalue weighted by atomic mass is 9.87. The van der Waals surface area contributed by atoms with E-state index in [0.717, 1.165) is 30.9 Å². The van der Waals surface area contributed by atoms with Gasteiger partial charge in [0.25, 0.3) is 0 Å². The van der Waals surface area contributed by atoms with Gasteiger partial charge in [0.05, 0.1) is 5.75 Å². The van der Waals surface area contributed by atoms with Gasteiger partial charge < -0.3 is 10.2 Å². The number of sulfone groups is 1. The van der Waals surface area contributed by atoms with Crippen LogP contribution in [0.5, 0.6) is 0 Å². The molecular weight excluding hydrogens is 413 g/mol. The maximum atomic E-state index is 11.5. The first kappa shape index (κ1) is 21.9. The fourth-order valence-electron chi connectivity index (χ4n) is 3.11. The van der Waals surface area contributed by atoms with Gasteiger partial charge in [0.15, 0.2) is 15.8 Å². The zero-order valence-corrected chi connectivity index (χ0v) is 17.5. The molecule has 1 heterocycles. The molecule has 1 saturated heterocycles. The van der Waals surface area contributed by atoms with Crippen LogP contribution in [0.15, 0.2) is 4.99 Å². The van der Waals surface area contributed by atoms with Crippen LogP contribution < -0.4 is 5.32 Å². The predicted octanol–water partition coefficient (Wildman–Crippen LogP) is 2.37. The summed E-state index contributed by atoms with van der Waals surface area (Å²) in [5, 5.41) is 3.19. The highest BCUT2D eigenvalue weighted by atomic mass is 127. The maximum absolute atomic E-state index is 11.5. The second-order valence-electron chi connectivity index (χ2n) is 5.78. The van der Waals surface area contributed by atoms with Crippen LogP contribution >= 0.6 is 24.0 Å². The summed E-state index contributed by atoms with van der Waals surface area (Å²) in [6.07, 6.45) is 3.67. The monoisotopic (exact) mass is 445 g/mol. The van der Waals surface area contributed by atoms with Crippen molar-refractivity contribution in [1.82, 2.24) is 10.2 Å². The van der Waals surface area contributed by atoms with E-state index in [1.54, 1.807) is 14.0 Å². The van der Waals surface area contributed by atoms with Crippen molar-refractivity contribution in [1.29, 1.82) is 0 Å². The van der Waals surface area contributed by atoms with Crippen LogP contribution in [-0.2, 0) is 9.84 Å². The third-order valence-electron chi connectivity index (χ3n) is 4.59. The molecule has 0 aromatic heterocycles. The minimum Gasteiger partial charge on any atom is -0.355 e. The van der Waals surface area contributed by atoms with Crippen molar-refractivity contribution in [2.24, 2.45) is 16.8 Å². The van der Waals surface area contributed by atoms with Crippen molar-refractivity contribution in [2.45, 2.75) is 40.0 Å². The molecule has 1 atom stereocenters. The van der Waals surface area contributed by atoms with Crippen LogP contribution in [0.25, 0.3) is 0 Å². The Kier molecular flexibility index (Phi) is 10.6. The van der Waals surface area contributed by atoms with Crippen molar-refractivity contribution >= 4 is 39.8 Å². The zero-order valence-electron chi connectivity index (χ0n) is 14.3. The number of halogens is 1. The van der Waals surface area contributed by atoms with Crippen molar-refractivity contribution in [2.75, 3.05) is 38.2 Å². The summed E-state index contributed by atoms with van der Waals surface area (Å²) in [5.74, 6) is 2.74. The molecule has 1 unspecified atom stereocenters. The van der Waals surface area contributed by atoms with Crippen molar-refractivity contribution in [3.63, 3.8) is 0 Å². The van der Waals surface area contributed by atoms with E-state index in [9.17, 15) is 8.42 Å². The summed E-state index contributed by atoms with van der Waals surface area (Å²) in [6.45, 7) is 8.70. The first-order valence-electron chi connectivity index (χ1n) is 8.13. The van der Waals surface area contributed by atoms with Crippen LogP contribution in [0.1, 0.15) is 40.0 Å². The third kappa shape index (κ3) is 6.60. The van der Waals surface area contributed by atoms with Gasteiger partial charge in [-0.05, 0) is 18.3 Å². The van der Waals surface area contributed by atoms with E-state index in [1.165, 1.54) is 19.3 Å². The molecule has 1 aliphatic heterocycles. The number of guanidine groups is 1. The van der Waals surface area contributed by atoms with E-state index >= 15 is 0 Å². The number of nitrogens with one attached hydrogen (secondary N) is 1. The number of hydrogen-bond acceptors (Lipinski definition) is 3. The Balaban J connectivity index is 0.00000441. The molecule has 5 nitrogen and oxygen atoms in total. The van der Waals surface area contributed by atoms with E-state index in [2.05, 4.69) is 29.1 Å². The first-order chi connectivity index (χ1) is 9.97. The maximum Gasteiger partial charge on any atom is 0.193 e. The summed E-state index contributed by atoms with van der Waals surface area (Å²) >= 11 is 0. The van der Waals surface area contributed by atoms with Gasteiger partial charge in [-0.25, -0.2) is 8.42 Å². The minimum absolute atomic E-state index is 0. The van der Waals surface area contributed by atoms with E-state index in [4.69, 9.17) is 0 Å². The topological polar surface area (TPSA) is 61.8 Å². The van der Waals surface area contributed by atoms with E-state index < -0.39 is 9.84 Å². The smallest absolute Gasteiger partial charge is 0.193 e. The SMILES string of the molecule is CCC(CC)C1CCN(C(=NC)NCCS(=O)(=O)CC)C1.I. The fourth-order valence-corrected chi connectivity index (χ4v) is 3.82. The molecule has 0 aromatic carbocycles. The van der Waals surface area contributed by atoms with Gasteiger partial charge in [-0.3, -0.25) is 4.99 Å². The molecule has 132 valence electrons. The zero-order chi connectivity index (χ0) is 15.9. The van der Waals surface area contributed by atoms with E-state index in [-0.39, 0.29) is 35.5 Å². The number of rotatable bonds is 7. The molecule has 0 amide bonds. The first-order valence-corrected chi connectivity index (χ1v) is 9.95. The molecule has 0 spiro atoms. The van der Waals surface area contributed by atoms with Crippen LogP contribution in [0, 0.1) is 11.8 Å². The fraction of sp³-hybridized carbons (Fsp3) is 0.933. The van der Waals surface area contributed by atoms with Gasteiger partial charge in [-0.1, -0.05) is 33.6 Å². The Labute approximate surface area is 153 Å². The van der Waals surface area contributed by atoms with Crippen LogP contribution in [0.2, 0.25) is 0 Å². The van der Waals surface area contributed by atoms with Gasteiger partial charge >= 0.3 is 0 Å². The Morgan fingerprint density at radius 3 is 2.45 bits per heavy atom. The predicted molar refractivity (Wildman–Crippen MR) is 105 cm³/mol. The summed E-state index contributed by atoms with van der Waals surface area (Å²) in [4.78, 5) is 6.56. The van der Waals surface area contributed by atoms with Gasteiger partial charge in [0.2, 0.25) is 0 Å². The van der Waals surface area contributed by atoms with Gasteiger partial charge in [0.1, 0.15) is 0 Å². The number of nitrogens with zero attached hydrogens (tertiary/aromatic N) is 2. The molecule has 0 saturated carbocycles. The lowest BCUT2D eigenvalue weighted by Crippen LogP contribution is -2.42. The lowest BCUT2D eigenvalue weighted by Gasteiger charge is -2.24. The highest BCUT2D eigenvalue weighted by molar-refractivity contribution is 14.0. The average molecular weight is 445 g/mol. The number of hydrogen-bond donors (Lipinski definition) is 1. The lowest BCUT2D eigenvalue weighted by molar-refractivity contribution is 0.319. The average Bonchev–Trinajstić information content (AvgIpc) is 2.94. The number of aliphatic imine (C=N–C) groups is 1. The number of likely N-dealkylation sites (tertiary alicyclic amines) is 1. The van der Waals surface area contributed by atoms with Gasteiger partial charge in [-0.15, -0.1) is 24.0 Å². The Morgan fingerprint density at radius 2 is 1.95 bits per heavy atom. The highest BCUT2D eigenvalue weighted by Gasteiger charge is 2.29. The van der Waals surface area contributed by atoms with Crippen LogP contribution in [0.3, 0.4) is 0 Å². The molecule has 0 bridgehead atoms. The molecule has 1 fully saturated rings. The molecule has 1 rings (SSSR count). The highest BCUT2D eigenvalue weighted by Crippen LogP contribution is 2.28. The molecule has 0 aliphatic carbocycles. The third-order valence-corrected chi connectivity index (χ3v) is 6.29. The van der Waals surface area contributed by atoms with Crippen molar-refractivity contribution < 1.29 is 8.42 Å². The molecule has 0 radical (unpaired) electrons. The molecular formula is C15H32IN3O2S. The van der Waals surface area contributed by atoms with E-state index in [1.807, 2.05) is 0 Å². The Morgan fingerprint density at radius 1 is 1.32 bits per heavy atom. The molecule has 1 aliphatic rings. The second-order valence-corrected chi connectivity index (χ2v) is 8.25. The normalized spacial score (nSPS) is 19.4.